The van der Waals surface area contributed by atoms with Crippen LogP contribution in [0.25, 0.3) is 0 Å². The van der Waals surface area contributed by atoms with Crippen molar-refractivity contribution in [2.45, 2.75) is 25.6 Å². The summed E-state index contributed by atoms with van der Waals surface area (Å²) in [5, 5.41) is 4.51. The molecule has 6 nitrogen and oxygen atoms in total. The third-order valence-electron chi connectivity index (χ3n) is 4.82. The predicted molar refractivity (Wildman–Crippen MR) is 104 cm³/mol. The zero-order valence-electron chi connectivity index (χ0n) is 15.9. The Bertz CT molecular complexity index is 1040. The van der Waals surface area contributed by atoms with E-state index in [9.17, 15) is 27.6 Å². The number of aryl methyl sites for hydroxylation is 1. The average molecular weight is 440 g/mol. The van der Waals surface area contributed by atoms with Crippen molar-refractivity contribution < 1.29 is 27.6 Å². The second-order valence-corrected chi connectivity index (χ2v) is 7.43. The quantitative estimate of drug-likeness (QED) is 0.705. The molecule has 1 heterocycles. The van der Waals surface area contributed by atoms with Gasteiger partial charge in [0.05, 0.1) is 11.3 Å². The van der Waals surface area contributed by atoms with Gasteiger partial charge in [-0.25, -0.2) is 4.79 Å². The van der Waals surface area contributed by atoms with E-state index in [-0.39, 0.29) is 5.02 Å². The molecule has 1 unspecified atom stereocenters. The summed E-state index contributed by atoms with van der Waals surface area (Å²) < 4.78 is 39.6. The van der Waals surface area contributed by atoms with E-state index in [0.29, 0.717) is 16.5 Å². The van der Waals surface area contributed by atoms with Gasteiger partial charge >= 0.3 is 12.2 Å². The molecule has 4 amide bonds. The zero-order chi connectivity index (χ0) is 22.3. The highest BCUT2D eigenvalue weighted by Gasteiger charge is 2.50. The van der Waals surface area contributed by atoms with Gasteiger partial charge in [-0.2, -0.15) is 13.2 Å². The van der Waals surface area contributed by atoms with E-state index in [1.165, 1.54) is 13.0 Å². The maximum atomic E-state index is 13.2. The second kappa shape index (κ2) is 7.64. The number of nitrogens with zero attached hydrogens (tertiary/aromatic N) is 1. The number of imide groups is 1. The van der Waals surface area contributed by atoms with Crippen LogP contribution >= 0.6 is 11.6 Å². The molecule has 2 aromatic rings. The summed E-state index contributed by atoms with van der Waals surface area (Å²) >= 11 is 5.62. The Labute approximate surface area is 175 Å². The molecule has 1 aliphatic rings. The Hall–Kier alpha value is -3.07. The summed E-state index contributed by atoms with van der Waals surface area (Å²) in [5.41, 5.74) is -1.73. The number of amides is 4. The lowest BCUT2D eigenvalue weighted by Gasteiger charge is -2.24. The van der Waals surface area contributed by atoms with E-state index < -0.39 is 47.4 Å². The monoisotopic (exact) mass is 439 g/mol. The molecule has 3 rings (SSSR count). The Kier molecular flexibility index (Phi) is 5.51. The number of hydrogen-bond acceptors (Lipinski definition) is 3. The highest BCUT2D eigenvalue weighted by Crippen LogP contribution is 2.36. The number of hydrogen-bond donors (Lipinski definition) is 2. The fourth-order valence-electron chi connectivity index (χ4n) is 3.35. The van der Waals surface area contributed by atoms with Gasteiger partial charge < -0.3 is 10.6 Å². The van der Waals surface area contributed by atoms with Crippen LogP contribution in [0.1, 0.15) is 23.6 Å². The molecule has 1 saturated heterocycles. The highest BCUT2D eigenvalue weighted by atomic mass is 35.5. The summed E-state index contributed by atoms with van der Waals surface area (Å²) in [5.74, 6) is -1.63. The van der Waals surface area contributed by atoms with E-state index in [0.717, 1.165) is 11.6 Å². The lowest BCUT2D eigenvalue weighted by Crippen LogP contribution is -2.42. The molecule has 2 N–H and O–H groups in total. The van der Waals surface area contributed by atoms with Gasteiger partial charge in [-0.3, -0.25) is 14.5 Å². The molecule has 0 saturated carbocycles. The first-order valence-electron chi connectivity index (χ1n) is 8.80. The SMILES string of the molecule is Cc1ccccc1C1(C)NC(=O)N(CC(=O)Nc2ccc(Cl)cc2C(F)(F)F)C1=O. The summed E-state index contributed by atoms with van der Waals surface area (Å²) in [4.78, 5) is 38.3. The minimum Gasteiger partial charge on any atom is -0.324 e. The van der Waals surface area contributed by atoms with Crippen molar-refractivity contribution in [3.63, 3.8) is 0 Å². The average Bonchev–Trinajstić information content (AvgIpc) is 2.86. The molecule has 0 aliphatic carbocycles. The molecule has 0 radical (unpaired) electrons. The summed E-state index contributed by atoms with van der Waals surface area (Å²) in [7, 11) is 0. The van der Waals surface area contributed by atoms with Crippen molar-refractivity contribution in [3.8, 4) is 0 Å². The zero-order valence-corrected chi connectivity index (χ0v) is 16.7. The Morgan fingerprint density at radius 1 is 1.20 bits per heavy atom. The van der Waals surface area contributed by atoms with Crippen LogP contribution < -0.4 is 10.6 Å². The fourth-order valence-corrected chi connectivity index (χ4v) is 3.52. The van der Waals surface area contributed by atoms with Crippen molar-refractivity contribution in [1.82, 2.24) is 10.2 Å². The normalized spacial score (nSPS) is 19.1. The lowest BCUT2D eigenvalue weighted by atomic mass is 9.88. The summed E-state index contributed by atoms with van der Waals surface area (Å²) in [6.45, 7) is 2.54. The lowest BCUT2D eigenvalue weighted by molar-refractivity contribution is -0.137. The second-order valence-electron chi connectivity index (χ2n) is 7.00. The molecular formula is C20H17ClF3N3O3. The maximum Gasteiger partial charge on any atom is 0.418 e. The number of carbonyl (C=O) groups excluding carboxylic acids is 3. The maximum absolute atomic E-state index is 13.2. The van der Waals surface area contributed by atoms with Gasteiger partial charge in [0.1, 0.15) is 12.1 Å². The van der Waals surface area contributed by atoms with Gasteiger partial charge in [0, 0.05) is 5.02 Å². The molecule has 30 heavy (non-hydrogen) atoms. The van der Waals surface area contributed by atoms with Crippen LogP contribution in [0, 0.1) is 6.92 Å². The number of alkyl halides is 3. The molecule has 1 aliphatic heterocycles. The highest BCUT2D eigenvalue weighted by molar-refractivity contribution is 6.30. The van der Waals surface area contributed by atoms with Gasteiger partial charge in [0.2, 0.25) is 5.91 Å². The van der Waals surface area contributed by atoms with Crippen LogP contribution in [-0.4, -0.2) is 29.3 Å². The van der Waals surface area contributed by atoms with Crippen LogP contribution in [0.2, 0.25) is 5.02 Å². The number of halogens is 4. The summed E-state index contributed by atoms with van der Waals surface area (Å²) in [6, 6.07) is 9.00. The minimum atomic E-state index is -4.75. The van der Waals surface area contributed by atoms with Crippen molar-refractivity contribution in [3.05, 3.63) is 64.2 Å². The molecule has 0 aromatic heterocycles. The van der Waals surface area contributed by atoms with Gasteiger partial charge in [-0.1, -0.05) is 35.9 Å². The summed E-state index contributed by atoms with van der Waals surface area (Å²) in [6.07, 6.45) is -4.75. The molecule has 0 spiro atoms. The molecule has 158 valence electrons. The van der Waals surface area contributed by atoms with Crippen molar-refractivity contribution >= 4 is 35.1 Å². The van der Waals surface area contributed by atoms with Crippen molar-refractivity contribution in [2.24, 2.45) is 0 Å². The molecule has 2 aromatic carbocycles. The first-order chi connectivity index (χ1) is 13.9. The molecular weight excluding hydrogens is 423 g/mol. The first-order valence-corrected chi connectivity index (χ1v) is 9.18. The molecule has 1 atom stereocenters. The Morgan fingerprint density at radius 3 is 2.50 bits per heavy atom. The van der Waals surface area contributed by atoms with Crippen LogP contribution in [0.3, 0.4) is 0 Å². The Morgan fingerprint density at radius 2 is 1.87 bits per heavy atom. The number of carbonyl (C=O) groups is 3. The number of benzene rings is 2. The number of rotatable bonds is 4. The van der Waals surface area contributed by atoms with Gasteiger partial charge in [0.15, 0.2) is 0 Å². The van der Waals surface area contributed by atoms with Crippen LogP contribution in [0.4, 0.5) is 23.7 Å². The van der Waals surface area contributed by atoms with E-state index in [1.807, 2.05) is 0 Å². The molecule has 0 bridgehead atoms. The fraction of sp³-hybridized carbons (Fsp3) is 0.250. The van der Waals surface area contributed by atoms with E-state index in [4.69, 9.17) is 11.6 Å². The van der Waals surface area contributed by atoms with E-state index >= 15 is 0 Å². The minimum absolute atomic E-state index is 0.150. The predicted octanol–water partition coefficient (Wildman–Crippen LogP) is 4.07. The number of anilines is 1. The topological polar surface area (TPSA) is 78.5 Å². The van der Waals surface area contributed by atoms with Gasteiger partial charge in [0.25, 0.3) is 5.91 Å². The van der Waals surface area contributed by atoms with Gasteiger partial charge in [-0.05, 0) is 43.2 Å². The van der Waals surface area contributed by atoms with Gasteiger partial charge in [-0.15, -0.1) is 0 Å². The van der Waals surface area contributed by atoms with Crippen LogP contribution in [-0.2, 0) is 21.3 Å². The third-order valence-corrected chi connectivity index (χ3v) is 5.06. The smallest absolute Gasteiger partial charge is 0.324 e. The third kappa shape index (κ3) is 3.97. The standard InChI is InChI=1S/C20H17ClF3N3O3/c1-11-5-3-4-6-13(11)19(2)17(29)27(18(30)26-19)10-16(28)25-15-8-7-12(21)9-14(15)20(22,23)24/h3-9H,10H2,1-2H3,(H,25,28)(H,26,30). The van der Waals surface area contributed by atoms with Crippen molar-refractivity contribution in [2.75, 3.05) is 11.9 Å². The van der Waals surface area contributed by atoms with Crippen LogP contribution in [0.15, 0.2) is 42.5 Å². The molecule has 10 heteroatoms. The van der Waals surface area contributed by atoms with E-state index in [1.54, 1.807) is 31.2 Å². The first kappa shape index (κ1) is 21.6. The number of urea groups is 1. The molecule has 1 fully saturated rings. The largest absolute Gasteiger partial charge is 0.418 e. The van der Waals surface area contributed by atoms with E-state index in [2.05, 4.69) is 10.6 Å². The number of nitrogens with one attached hydrogen (secondary N) is 2. The van der Waals surface area contributed by atoms with Crippen LogP contribution in [0.5, 0.6) is 0 Å². The van der Waals surface area contributed by atoms with Crippen molar-refractivity contribution in [1.29, 1.82) is 0 Å². The Balaban J connectivity index is 1.81.